The average Bonchev–Trinajstić information content (AvgIpc) is 2.29. The lowest BCUT2D eigenvalue weighted by Gasteiger charge is -2.12. The highest BCUT2D eigenvalue weighted by atomic mass is 19.4. The monoisotopic (exact) mass is 292 g/mol. The van der Waals surface area contributed by atoms with Crippen LogP contribution in [0.3, 0.4) is 0 Å². The highest BCUT2D eigenvalue weighted by molar-refractivity contribution is 5.95. The van der Waals surface area contributed by atoms with Crippen LogP contribution >= 0.6 is 0 Å². The van der Waals surface area contributed by atoms with Crippen LogP contribution in [0.25, 0.3) is 0 Å². The minimum absolute atomic E-state index is 0.114. The molecule has 0 heterocycles. The number of anilines is 1. The van der Waals surface area contributed by atoms with Crippen LogP contribution in [-0.2, 0) is 0 Å². The molecule has 1 aromatic carbocycles. The maximum Gasteiger partial charge on any atom is 0.573 e. The van der Waals surface area contributed by atoms with Crippen LogP contribution in [0.15, 0.2) is 18.2 Å². The number of nitrogen functional groups attached to an aromatic ring is 1. The van der Waals surface area contributed by atoms with Crippen LogP contribution in [0, 0.1) is 0 Å². The summed E-state index contributed by atoms with van der Waals surface area (Å²) in [5, 5.41) is 11.5. The summed E-state index contributed by atoms with van der Waals surface area (Å²) in [5.74, 6) is -1.05. The van der Waals surface area contributed by atoms with E-state index in [1.807, 2.05) is 0 Å². The van der Waals surface area contributed by atoms with E-state index >= 15 is 0 Å². The Morgan fingerprint density at radius 3 is 2.65 bits per heavy atom. The van der Waals surface area contributed by atoms with Gasteiger partial charge in [0.25, 0.3) is 5.91 Å². The number of benzene rings is 1. The third-order valence-corrected chi connectivity index (χ3v) is 2.35. The fraction of sp³-hybridized carbons (Fsp3) is 0.417. The topological polar surface area (TPSA) is 84.6 Å². The first kappa shape index (κ1) is 16.1. The van der Waals surface area contributed by atoms with Crippen molar-refractivity contribution in [3.05, 3.63) is 23.8 Å². The van der Waals surface area contributed by atoms with Crippen LogP contribution in [0.1, 0.15) is 23.7 Å². The van der Waals surface area contributed by atoms with Crippen LogP contribution in [0.4, 0.5) is 18.9 Å². The molecule has 8 heteroatoms. The van der Waals surface area contributed by atoms with E-state index in [1.165, 1.54) is 6.07 Å². The van der Waals surface area contributed by atoms with Crippen molar-refractivity contribution >= 4 is 11.6 Å². The molecular formula is C12H15F3N2O3. The second-order valence-electron chi connectivity index (χ2n) is 4.19. The van der Waals surface area contributed by atoms with E-state index in [-0.39, 0.29) is 17.8 Å². The number of amides is 1. The van der Waals surface area contributed by atoms with Gasteiger partial charge in [-0.1, -0.05) is 0 Å². The van der Waals surface area contributed by atoms with Crippen molar-refractivity contribution in [2.75, 3.05) is 12.3 Å². The highest BCUT2D eigenvalue weighted by Crippen LogP contribution is 2.28. The molecule has 0 aliphatic carbocycles. The van der Waals surface area contributed by atoms with Gasteiger partial charge in [0.15, 0.2) is 5.75 Å². The first-order valence-corrected chi connectivity index (χ1v) is 5.80. The Morgan fingerprint density at radius 2 is 2.15 bits per heavy atom. The SMILES string of the molecule is CC(O)CCNC(=O)c1ccc(OC(F)(F)F)c(N)c1. The molecule has 5 nitrogen and oxygen atoms in total. The van der Waals surface area contributed by atoms with E-state index in [2.05, 4.69) is 10.1 Å². The molecule has 1 atom stereocenters. The van der Waals surface area contributed by atoms with Gasteiger partial charge in [-0.3, -0.25) is 4.79 Å². The molecule has 1 unspecified atom stereocenters. The summed E-state index contributed by atoms with van der Waals surface area (Å²) in [6, 6.07) is 3.25. The van der Waals surface area contributed by atoms with Gasteiger partial charge in [-0.05, 0) is 31.5 Å². The number of hydrogen-bond acceptors (Lipinski definition) is 4. The largest absolute Gasteiger partial charge is 0.573 e. The van der Waals surface area contributed by atoms with Gasteiger partial charge in [0, 0.05) is 12.1 Å². The second-order valence-corrected chi connectivity index (χ2v) is 4.19. The Hall–Kier alpha value is -1.96. The molecular weight excluding hydrogens is 277 g/mol. The van der Waals surface area contributed by atoms with E-state index in [1.54, 1.807) is 6.92 Å². The number of carbonyl (C=O) groups excluding carboxylic acids is 1. The summed E-state index contributed by atoms with van der Waals surface area (Å²) in [5.41, 5.74) is 5.23. The Kier molecular flexibility index (Phi) is 5.20. The van der Waals surface area contributed by atoms with Crippen molar-refractivity contribution in [1.29, 1.82) is 0 Å². The number of alkyl halides is 3. The Balaban J connectivity index is 2.69. The van der Waals surface area contributed by atoms with Gasteiger partial charge >= 0.3 is 6.36 Å². The average molecular weight is 292 g/mol. The summed E-state index contributed by atoms with van der Waals surface area (Å²) in [4.78, 5) is 11.7. The van der Waals surface area contributed by atoms with Crippen LogP contribution in [0.5, 0.6) is 5.75 Å². The van der Waals surface area contributed by atoms with Crippen molar-refractivity contribution in [2.45, 2.75) is 25.8 Å². The third kappa shape index (κ3) is 5.35. The fourth-order valence-electron chi connectivity index (χ4n) is 1.40. The summed E-state index contributed by atoms with van der Waals surface area (Å²) in [7, 11) is 0. The molecule has 1 aromatic rings. The van der Waals surface area contributed by atoms with E-state index in [4.69, 9.17) is 10.8 Å². The van der Waals surface area contributed by atoms with Gasteiger partial charge in [0.05, 0.1) is 11.8 Å². The Bertz CT molecular complexity index is 476. The molecule has 20 heavy (non-hydrogen) atoms. The van der Waals surface area contributed by atoms with Crippen LogP contribution in [0.2, 0.25) is 0 Å². The second kappa shape index (κ2) is 6.47. The molecule has 0 fully saturated rings. The molecule has 0 aromatic heterocycles. The first-order chi connectivity index (χ1) is 9.19. The summed E-state index contributed by atoms with van der Waals surface area (Å²) in [6.45, 7) is 1.82. The number of aliphatic hydroxyl groups excluding tert-OH is 1. The maximum absolute atomic E-state index is 12.0. The van der Waals surface area contributed by atoms with Crippen LogP contribution < -0.4 is 15.8 Å². The molecule has 0 radical (unpaired) electrons. The normalized spacial score (nSPS) is 12.8. The van der Waals surface area contributed by atoms with E-state index in [0.29, 0.717) is 6.42 Å². The molecule has 0 aliphatic heterocycles. The molecule has 0 aliphatic rings. The standard InChI is InChI=1S/C12H15F3N2O3/c1-7(18)4-5-17-11(19)8-2-3-10(9(16)6-8)20-12(13,14)15/h2-3,6-7,18H,4-5,16H2,1H3,(H,17,19). The van der Waals surface area contributed by atoms with Gasteiger partial charge in [-0.15, -0.1) is 13.2 Å². The number of nitrogens with one attached hydrogen (secondary N) is 1. The zero-order valence-electron chi connectivity index (χ0n) is 10.7. The van der Waals surface area contributed by atoms with E-state index < -0.39 is 24.1 Å². The zero-order valence-corrected chi connectivity index (χ0v) is 10.7. The third-order valence-electron chi connectivity index (χ3n) is 2.35. The Morgan fingerprint density at radius 1 is 1.50 bits per heavy atom. The van der Waals surface area contributed by atoms with Crippen molar-refractivity contribution in [2.24, 2.45) is 0 Å². The zero-order chi connectivity index (χ0) is 15.3. The van der Waals surface area contributed by atoms with Crippen LogP contribution in [-0.4, -0.2) is 30.0 Å². The summed E-state index contributed by atoms with van der Waals surface area (Å²) < 4.78 is 39.8. The van der Waals surface area contributed by atoms with Crippen molar-refractivity contribution in [3.8, 4) is 5.75 Å². The summed E-state index contributed by atoms with van der Waals surface area (Å²) in [6.07, 6.45) is -5.02. The number of carbonyl (C=O) groups is 1. The molecule has 1 amide bonds. The number of hydrogen-bond donors (Lipinski definition) is 3. The summed E-state index contributed by atoms with van der Waals surface area (Å²) >= 11 is 0. The molecule has 0 saturated heterocycles. The lowest BCUT2D eigenvalue weighted by atomic mass is 10.1. The van der Waals surface area contributed by atoms with E-state index in [9.17, 15) is 18.0 Å². The molecule has 0 saturated carbocycles. The molecule has 112 valence electrons. The number of aliphatic hydroxyl groups is 1. The lowest BCUT2D eigenvalue weighted by Crippen LogP contribution is -2.26. The molecule has 0 bridgehead atoms. The van der Waals surface area contributed by atoms with Gasteiger partial charge in [-0.25, -0.2) is 0 Å². The number of ether oxygens (including phenoxy) is 1. The van der Waals surface area contributed by atoms with Crippen molar-refractivity contribution in [1.82, 2.24) is 5.32 Å². The molecule has 0 spiro atoms. The number of halogens is 3. The van der Waals surface area contributed by atoms with Crippen molar-refractivity contribution in [3.63, 3.8) is 0 Å². The molecule has 4 N–H and O–H groups in total. The smallest absolute Gasteiger partial charge is 0.404 e. The minimum atomic E-state index is -4.84. The van der Waals surface area contributed by atoms with Crippen molar-refractivity contribution < 1.29 is 27.8 Å². The molecule has 1 rings (SSSR count). The number of nitrogens with two attached hydrogens (primary N) is 1. The quantitative estimate of drug-likeness (QED) is 0.721. The Labute approximate surface area is 113 Å². The fourth-order valence-corrected chi connectivity index (χ4v) is 1.40. The van der Waals surface area contributed by atoms with Gasteiger partial charge in [0.2, 0.25) is 0 Å². The predicted octanol–water partition coefficient (Wildman–Crippen LogP) is 1.67. The van der Waals surface area contributed by atoms with Gasteiger partial charge in [0.1, 0.15) is 0 Å². The maximum atomic E-state index is 12.0. The minimum Gasteiger partial charge on any atom is -0.404 e. The van der Waals surface area contributed by atoms with Gasteiger partial charge < -0.3 is 20.9 Å². The van der Waals surface area contributed by atoms with Gasteiger partial charge in [-0.2, -0.15) is 0 Å². The first-order valence-electron chi connectivity index (χ1n) is 5.80. The lowest BCUT2D eigenvalue weighted by molar-refractivity contribution is -0.274. The number of rotatable bonds is 5. The highest BCUT2D eigenvalue weighted by Gasteiger charge is 2.32. The predicted molar refractivity (Wildman–Crippen MR) is 66.2 cm³/mol. The van der Waals surface area contributed by atoms with E-state index in [0.717, 1.165) is 12.1 Å².